The summed E-state index contributed by atoms with van der Waals surface area (Å²) in [6.45, 7) is 1.60. The minimum atomic E-state index is -0.273. The molecule has 0 spiro atoms. The fraction of sp³-hybridized carbons (Fsp3) is 0.312. The van der Waals surface area contributed by atoms with Crippen molar-refractivity contribution in [2.75, 3.05) is 32.5 Å². The molecule has 0 unspecified atom stereocenters. The molecule has 1 aromatic heterocycles. The Kier molecular flexibility index (Phi) is 5.99. The van der Waals surface area contributed by atoms with Gasteiger partial charge in [-0.05, 0) is 32.3 Å². The summed E-state index contributed by atoms with van der Waals surface area (Å²) in [6.07, 6.45) is 0. The molecule has 0 fully saturated rings. The second-order valence-corrected chi connectivity index (χ2v) is 5.31. The SMILES string of the molecule is CN(C)CCNC(=O)c1ccc(NCc2ccccc2F)nn1. The molecule has 2 rings (SSSR count). The Morgan fingerprint density at radius 1 is 1.17 bits per heavy atom. The van der Waals surface area contributed by atoms with E-state index >= 15 is 0 Å². The Hall–Kier alpha value is -2.54. The maximum absolute atomic E-state index is 13.5. The fourth-order valence-electron chi connectivity index (χ4n) is 1.86. The summed E-state index contributed by atoms with van der Waals surface area (Å²) in [4.78, 5) is 13.8. The van der Waals surface area contributed by atoms with Gasteiger partial charge in [0.2, 0.25) is 0 Å². The smallest absolute Gasteiger partial charge is 0.271 e. The molecule has 0 saturated carbocycles. The number of anilines is 1. The Balaban J connectivity index is 1.87. The Labute approximate surface area is 134 Å². The molecular weight excluding hydrogens is 297 g/mol. The van der Waals surface area contributed by atoms with Crippen molar-refractivity contribution in [2.45, 2.75) is 6.54 Å². The van der Waals surface area contributed by atoms with Crippen LogP contribution >= 0.6 is 0 Å². The van der Waals surface area contributed by atoms with Gasteiger partial charge in [0.05, 0.1) is 0 Å². The predicted octanol–water partition coefficient (Wildman–Crippen LogP) is 1.52. The maximum atomic E-state index is 13.5. The van der Waals surface area contributed by atoms with Crippen LogP contribution in [0.5, 0.6) is 0 Å². The molecule has 0 saturated heterocycles. The van der Waals surface area contributed by atoms with Gasteiger partial charge in [-0.3, -0.25) is 4.79 Å². The van der Waals surface area contributed by atoms with Gasteiger partial charge in [0.25, 0.3) is 5.91 Å². The average molecular weight is 317 g/mol. The van der Waals surface area contributed by atoms with Crippen molar-refractivity contribution >= 4 is 11.7 Å². The minimum absolute atomic E-state index is 0.250. The highest BCUT2D eigenvalue weighted by Crippen LogP contribution is 2.09. The van der Waals surface area contributed by atoms with E-state index in [0.717, 1.165) is 6.54 Å². The molecule has 0 atom stereocenters. The standard InChI is InChI=1S/C16H20FN5O/c1-22(2)10-9-18-16(23)14-7-8-15(21-20-14)19-11-12-5-3-4-6-13(12)17/h3-8H,9-11H2,1-2H3,(H,18,23)(H,19,21). The van der Waals surface area contributed by atoms with Crippen LogP contribution in [-0.4, -0.2) is 48.2 Å². The average Bonchev–Trinajstić information content (AvgIpc) is 2.54. The first-order valence-corrected chi connectivity index (χ1v) is 7.30. The predicted molar refractivity (Wildman–Crippen MR) is 86.6 cm³/mol. The number of nitrogens with one attached hydrogen (secondary N) is 2. The third kappa shape index (κ3) is 5.30. The number of hydrogen-bond acceptors (Lipinski definition) is 5. The van der Waals surface area contributed by atoms with Crippen LogP contribution in [0.25, 0.3) is 0 Å². The van der Waals surface area contributed by atoms with E-state index in [4.69, 9.17) is 0 Å². The summed E-state index contributed by atoms with van der Waals surface area (Å²) < 4.78 is 13.5. The number of carbonyl (C=O) groups is 1. The highest BCUT2D eigenvalue weighted by atomic mass is 19.1. The van der Waals surface area contributed by atoms with Crippen molar-refractivity contribution in [3.63, 3.8) is 0 Å². The third-order valence-corrected chi connectivity index (χ3v) is 3.16. The van der Waals surface area contributed by atoms with Crippen LogP contribution < -0.4 is 10.6 Å². The fourth-order valence-corrected chi connectivity index (χ4v) is 1.86. The van der Waals surface area contributed by atoms with Crippen LogP contribution in [0, 0.1) is 5.82 Å². The summed E-state index contributed by atoms with van der Waals surface area (Å²) in [5, 5.41) is 13.5. The van der Waals surface area contributed by atoms with Gasteiger partial charge in [-0.2, -0.15) is 0 Å². The molecule has 122 valence electrons. The second-order valence-electron chi connectivity index (χ2n) is 5.31. The number of amides is 1. The second kappa shape index (κ2) is 8.19. The van der Waals surface area contributed by atoms with Crippen molar-refractivity contribution in [3.05, 3.63) is 53.5 Å². The van der Waals surface area contributed by atoms with E-state index in [1.54, 1.807) is 30.3 Å². The Morgan fingerprint density at radius 3 is 2.61 bits per heavy atom. The quantitative estimate of drug-likeness (QED) is 0.810. The third-order valence-electron chi connectivity index (χ3n) is 3.16. The molecule has 0 aliphatic rings. The van der Waals surface area contributed by atoms with Crippen molar-refractivity contribution in [1.82, 2.24) is 20.4 Å². The molecule has 1 heterocycles. The summed E-state index contributed by atoms with van der Waals surface area (Å²) >= 11 is 0. The van der Waals surface area contributed by atoms with Gasteiger partial charge in [0.1, 0.15) is 11.6 Å². The first-order chi connectivity index (χ1) is 11.1. The lowest BCUT2D eigenvalue weighted by Crippen LogP contribution is -2.31. The lowest BCUT2D eigenvalue weighted by molar-refractivity contribution is 0.0945. The number of likely N-dealkylation sites (N-methyl/N-ethyl adjacent to an activating group) is 1. The molecule has 2 aromatic rings. The molecule has 23 heavy (non-hydrogen) atoms. The first-order valence-electron chi connectivity index (χ1n) is 7.30. The zero-order valence-corrected chi connectivity index (χ0v) is 13.2. The van der Waals surface area contributed by atoms with Crippen LogP contribution in [0.3, 0.4) is 0 Å². The lowest BCUT2D eigenvalue weighted by atomic mass is 10.2. The summed E-state index contributed by atoms with van der Waals surface area (Å²) in [6, 6.07) is 9.75. The van der Waals surface area contributed by atoms with Crippen LogP contribution in [0.1, 0.15) is 16.1 Å². The Bertz CT molecular complexity index is 645. The number of halogens is 1. The summed E-state index contributed by atoms with van der Waals surface area (Å²) in [5.41, 5.74) is 0.792. The van der Waals surface area contributed by atoms with Gasteiger partial charge in [-0.1, -0.05) is 18.2 Å². The number of nitrogens with zero attached hydrogens (tertiary/aromatic N) is 3. The van der Waals surface area contributed by atoms with E-state index in [-0.39, 0.29) is 17.4 Å². The lowest BCUT2D eigenvalue weighted by Gasteiger charge is -2.10. The highest BCUT2D eigenvalue weighted by Gasteiger charge is 2.08. The van der Waals surface area contributed by atoms with Gasteiger partial charge in [0.15, 0.2) is 5.69 Å². The van der Waals surface area contributed by atoms with Gasteiger partial charge in [-0.15, -0.1) is 10.2 Å². The van der Waals surface area contributed by atoms with Crippen molar-refractivity contribution < 1.29 is 9.18 Å². The summed E-state index contributed by atoms with van der Waals surface area (Å²) in [7, 11) is 3.87. The molecule has 0 radical (unpaired) electrons. The van der Waals surface area contributed by atoms with Crippen molar-refractivity contribution in [3.8, 4) is 0 Å². The number of hydrogen-bond donors (Lipinski definition) is 2. The van der Waals surface area contributed by atoms with E-state index in [2.05, 4.69) is 20.8 Å². The molecular formula is C16H20FN5O. The number of rotatable bonds is 7. The summed E-state index contributed by atoms with van der Waals surface area (Å²) in [5.74, 6) is -0.0528. The maximum Gasteiger partial charge on any atom is 0.271 e. The molecule has 2 N–H and O–H groups in total. The molecule has 1 aromatic carbocycles. The number of carbonyl (C=O) groups excluding carboxylic acids is 1. The van der Waals surface area contributed by atoms with E-state index in [9.17, 15) is 9.18 Å². The van der Waals surface area contributed by atoms with Gasteiger partial charge >= 0.3 is 0 Å². The molecule has 6 nitrogen and oxygen atoms in total. The number of aromatic nitrogens is 2. The van der Waals surface area contributed by atoms with Gasteiger partial charge in [0, 0.05) is 25.2 Å². The number of benzene rings is 1. The van der Waals surface area contributed by atoms with Crippen LogP contribution in [0.15, 0.2) is 36.4 Å². The zero-order valence-electron chi connectivity index (χ0n) is 13.2. The van der Waals surface area contributed by atoms with Crippen LogP contribution in [0.2, 0.25) is 0 Å². The van der Waals surface area contributed by atoms with Crippen LogP contribution in [0.4, 0.5) is 10.2 Å². The first kappa shape index (κ1) is 16.8. The van der Waals surface area contributed by atoms with E-state index < -0.39 is 0 Å². The monoisotopic (exact) mass is 317 g/mol. The van der Waals surface area contributed by atoms with Crippen molar-refractivity contribution in [1.29, 1.82) is 0 Å². The molecule has 0 aliphatic heterocycles. The van der Waals surface area contributed by atoms with Crippen molar-refractivity contribution in [2.24, 2.45) is 0 Å². The van der Waals surface area contributed by atoms with Gasteiger partial charge in [-0.25, -0.2) is 4.39 Å². The highest BCUT2D eigenvalue weighted by molar-refractivity contribution is 5.92. The largest absolute Gasteiger partial charge is 0.364 e. The van der Waals surface area contributed by atoms with E-state index in [1.165, 1.54) is 6.07 Å². The zero-order chi connectivity index (χ0) is 16.7. The molecule has 1 amide bonds. The Morgan fingerprint density at radius 2 is 1.96 bits per heavy atom. The normalized spacial score (nSPS) is 10.6. The van der Waals surface area contributed by atoms with E-state index in [1.807, 2.05) is 19.0 Å². The minimum Gasteiger partial charge on any atom is -0.364 e. The van der Waals surface area contributed by atoms with Crippen LogP contribution in [-0.2, 0) is 6.54 Å². The van der Waals surface area contributed by atoms with Gasteiger partial charge < -0.3 is 15.5 Å². The van der Waals surface area contributed by atoms with E-state index in [0.29, 0.717) is 24.5 Å². The molecule has 0 aliphatic carbocycles. The molecule has 7 heteroatoms. The topological polar surface area (TPSA) is 70.2 Å². The molecule has 0 bridgehead atoms.